The number of ether oxygens (including phenoxy) is 1. The van der Waals surface area contributed by atoms with Gasteiger partial charge in [0.1, 0.15) is 11.3 Å². The van der Waals surface area contributed by atoms with Crippen molar-refractivity contribution in [2.45, 2.75) is 59.5 Å². The van der Waals surface area contributed by atoms with E-state index in [0.29, 0.717) is 23.9 Å². The van der Waals surface area contributed by atoms with Gasteiger partial charge < -0.3 is 14.3 Å². The molecule has 2 aliphatic rings. The van der Waals surface area contributed by atoms with E-state index < -0.39 is 5.63 Å². The van der Waals surface area contributed by atoms with Crippen LogP contribution in [0.5, 0.6) is 5.75 Å². The molecule has 29 heavy (non-hydrogen) atoms. The molecule has 2 aromatic rings. The number of aryl methyl sites for hydroxylation is 1. The minimum Gasteiger partial charge on any atom is -0.492 e. The van der Waals surface area contributed by atoms with Gasteiger partial charge in [-0.2, -0.15) is 0 Å². The molecule has 0 spiro atoms. The van der Waals surface area contributed by atoms with Crippen molar-refractivity contribution in [3.05, 3.63) is 52.4 Å². The fraction of sp³-hybridized carbons (Fsp3) is 0.560. The maximum Gasteiger partial charge on any atom is 0.339 e. The van der Waals surface area contributed by atoms with Crippen molar-refractivity contribution in [3.63, 3.8) is 0 Å². The Morgan fingerprint density at radius 2 is 2.03 bits per heavy atom. The molecule has 1 heterocycles. The molecular formula is C25H32O4. The summed E-state index contributed by atoms with van der Waals surface area (Å²) in [6.07, 6.45) is 3.53. The molecule has 1 aromatic heterocycles. The van der Waals surface area contributed by atoms with Gasteiger partial charge in [-0.25, -0.2) is 4.79 Å². The smallest absolute Gasteiger partial charge is 0.339 e. The Hall–Kier alpha value is -2.07. The summed E-state index contributed by atoms with van der Waals surface area (Å²) in [6.45, 7) is 13.6. The van der Waals surface area contributed by atoms with Crippen molar-refractivity contribution in [1.29, 1.82) is 0 Å². The van der Waals surface area contributed by atoms with Crippen LogP contribution < -0.4 is 10.4 Å². The Kier molecular flexibility index (Phi) is 4.89. The van der Waals surface area contributed by atoms with E-state index in [2.05, 4.69) is 27.4 Å². The highest BCUT2D eigenvalue weighted by Crippen LogP contribution is 2.60. The third kappa shape index (κ3) is 3.22. The van der Waals surface area contributed by atoms with E-state index in [1.807, 2.05) is 19.1 Å². The second-order valence-corrected chi connectivity index (χ2v) is 9.87. The molecule has 0 bridgehead atoms. The van der Waals surface area contributed by atoms with Crippen molar-refractivity contribution < 1.29 is 14.3 Å². The number of aliphatic hydroxyl groups excluding tert-OH is 1. The standard InChI is InChI=1S/C25H32O4/c1-15-9-10-20-24(3,4)21(26)11-12-25(20,5)17(15)14-28-19-13-22(27)29-18-8-6-7-16(2)23(18)19/h6-8,13,17,20-21,26H,1,9-12,14H2,2-5H3/t17-,20-,21-,25+/m0/s1. The minimum atomic E-state index is -0.397. The number of hydrogen-bond donors (Lipinski definition) is 1. The van der Waals surface area contributed by atoms with Crippen LogP contribution in [0.25, 0.3) is 11.0 Å². The predicted octanol–water partition coefficient (Wildman–Crippen LogP) is 5.25. The van der Waals surface area contributed by atoms with E-state index in [0.717, 1.165) is 36.6 Å². The molecule has 0 radical (unpaired) electrons. The zero-order chi connectivity index (χ0) is 21.0. The summed E-state index contributed by atoms with van der Waals surface area (Å²) < 4.78 is 11.7. The number of hydrogen-bond acceptors (Lipinski definition) is 4. The van der Waals surface area contributed by atoms with Crippen LogP contribution in [0, 0.1) is 29.6 Å². The third-order valence-electron chi connectivity index (χ3n) is 7.90. The summed E-state index contributed by atoms with van der Waals surface area (Å²) in [5.74, 6) is 1.19. The van der Waals surface area contributed by atoms with Gasteiger partial charge in [-0.05, 0) is 61.0 Å². The Bertz CT molecular complexity index is 1000. The SMILES string of the molecule is C=C1CC[C@H]2C(C)(C)[C@@H](O)CC[C@]2(C)[C@H]1COc1cc(=O)oc2cccc(C)c12. The highest BCUT2D eigenvalue weighted by atomic mass is 16.5. The first-order chi connectivity index (χ1) is 13.6. The molecular weight excluding hydrogens is 364 g/mol. The summed E-state index contributed by atoms with van der Waals surface area (Å²) in [4.78, 5) is 12.1. The molecule has 4 atom stereocenters. The van der Waals surface area contributed by atoms with Gasteiger partial charge in [-0.3, -0.25) is 0 Å². The van der Waals surface area contributed by atoms with Crippen LogP contribution in [-0.2, 0) is 0 Å². The quantitative estimate of drug-likeness (QED) is 0.569. The van der Waals surface area contributed by atoms with E-state index in [4.69, 9.17) is 9.15 Å². The van der Waals surface area contributed by atoms with Gasteiger partial charge in [-0.1, -0.05) is 45.1 Å². The molecule has 0 unspecified atom stereocenters. The topological polar surface area (TPSA) is 59.7 Å². The fourth-order valence-electron chi connectivity index (χ4n) is 6.12. The van der Waals surface area contributed by atoms with Crippen LogP contribution >= 0.6 is 0 Å². The minimum absolute atomic E-state index is 0.0301. The van der Waals surface area contributed by atoms with Gasteiger partial charge in [0.05, 0.1) is 24.2 Å². The lowest BCUT2D eigenvalue weighted by Gasteiger charge is -2.59. The maximum atomic E-state index is 12.1. The van der Waals surface area contributed by atoms with E-state index in [1.165, 1.54) is 11.6 Å². The van der Waals surface area contributed by atoms with Gasteiger partial charge in [0.2, 0.25) is 0 Å². The number of benzene rings is 1. The first-order valence-electron chi connectivity index (χ1n) is 10.7. The largest absolute Gasteiger partial charge is 0.492 e. The predicted molar refractivity (Wildman–Crippen MR) is 115 cm³/mol. The number of rotatable bonds is 3. The summed E-state index contributed by atoms with van der Waals surface area (Å²) >= 11 is 0. The van der Waals surface area contributed by atoms with Crippen LogP contribution in [0.1, 0.15) is 52.0 Å². The Balaban J connectivity index is 1.67. The second kappa shape index (κ2) is 7.02. The first kappa shape index (κ1) is 20.2. The molecule has 1 N–H and O–H groups in total. The van der Waals surface area contributed by atoms with E-state index in [-0.39, 0.29) is 22.9 Å². The van der Waals surface area contributed by atoms with Crippen LogP contribution in [0.4, 0.5) is 0 Å². The van der Waals surface area contributed by atoms with E-state index in [9.17, 15) is 9.90 Å². The summed E-state index contributed by atoms with van der Waals surface area (Å²) in [7, 11) is 0. The highest BCUT2D eigenvalue weighted by molar-refractivity contribution is 5.86. The van der Waals surface area contributed by atoms with Crippen molar-refractivity contribution in [2.24, 2.45) is 22.7 Å². The first-order valence-corrected chi connectivity index (χ1v) is 10.7. The lowest BCUT2D eigenvalue weighted by Crippen LogP contribution is -2.55. The van der Waals surface area contributed by atoms with Crippen LogP contribution in [0.15, 0.2) is 45.6 Å². The fourth-order valence-corrected chi connectivity index (χ4v) is 6.12. The van der Waals surface area contributed by atoms with E-state index in [1.54, 1.807) is 6.07 Å². The molecule has 0 aliphatic heterocycles. The average molecular weight is 397 g/mol. The monoisotopic (exact) mass is 396 g/mol. The average Bonchev–Trinajstić information content (AvgIpc) is 2.64. The van der Waals surface area contributed by atoms with Crippen molar-refractivity contribution in [1.82, 2.24) is 0 Å². The van der Waals surface area contributed by atoms with Gasteiger partial charge in [-0.15, -0.1) is 0 Å². The Morgan fingerprint density at radius 1 is 1.28 bits per heavy atom. The van der Waals surface area contributed by atoms with Crippen molar-refractivity contribution in [3.8, 4) is 5.75 Å². The Morgan fingerprint density at radius 3 is 2.79 bits per heavy atom. The van der Waals surface area contributed by atoms with Gasteiger partial charge in [0, 0.05) is 5.92 Å². The zero-order valence-corrected chi connectivity index (χ0v) is 18.0. The summed E-state index contributed by atoms with van der Waals surface area (Å²) in [6, 6.07) is 7.14. The van der Waals surface area contributed by atoms with Crippen molar-refractivity contribution in [2.75, 3.05) is 6.61 Å². The zero-order valence-electron chi connectivity index (χ0n) is 18.0. The highest BCUT2D eigenvalue weighted by Gasteiger charge is 2.56. The molecule has 1 aromatic carbocycles. The second-order valence-electron chi connectivity index (χ2n) is 9.87. The van der Waals surface area contributed by atoms with Crippen LogP contribution in [-0.4, -0.2) is 17.8 Å². The Labute approximate surface area is 172 Å². The number of fused-ring (bicyclic) bond motifs is 2. The lowest BCUT2D eigenvalue weighted by molar-refractivity contribution is -0.128. The summed E-state index contributed by atoms with van der Waals surface area (Å²) in [5, 5.41) is 11.5. The molecule has 4 rings (SSSR count). The molecule has 4 nitrogen and oxygen atoms in total. The van der Waals surface area contributed by atoms with Crippen molar-refractivity contribution >= 4 is 11.0 Å². The molecule has 2 saturated carbocycles. The number of aliphatic hydroxyl groups is 1. The van der Waals surface area contributed by atoms with E-state index >= 15 is 0 Å². The molecule has 4 heteroatoms. The third-order valence-corrected chi connectivity index (χ3v) is 7.90. The van der Waals surface area contributed by atoms with Gasteiger partial charge in [0.15, 0.2) is 0 Å². The molecule has 0 amide bonds. The van der Waals surface area contributed by atoms with Crippen LogP contribution in [0.3, 0.4) is 0 Å². The van der Waals surface area contributed by atoms with Gasteiger partial charge >= 0.3 is 5.63 Å². The lowest BCUT2D eigenvalue weighted by atomic mass is 9.47. The maximum absolute atomic E-state index is 12.1. The summed E-state index contributed by atoms with van der Waals surface area (Å²) in [5.41, 5.74) is 2.31. The molecule has 2 aliphatic carbocycles. The molecule has 0 saturated heterocycles. The normalized spacial score (nSPS) is 31.5. The van der Waals surface area contributed by atoms with Gasteiger partial charge in [0.25, 0.3) is 0 Å². The molecule has 2 fully saturated rings. The molecule has 156 valence electrons. The van der Waals surface area contributed by atoms with Crippen LogP contribution in [0.2, 0.25) is 0 Å².